The molecule has 4 nitrogen and oxygen atoms in total. The maximum Gasteiger partial charge on any atom is 0.124 e. The van der Waals surface area contributed by atoms with Crippen LogP contribution >= 0.6 is 23.2 Å². The van der Waals surface area contributed by atoms with E-state index < -0.39 is 0 Å². The van der Waals surface area contributed by atoms with Crippen LogP contribution < -0.4 is 10.1 Å². The number of benzene rings is 4. The molecule has 0 saturated heterocycles. The summed E-state index contributed by atoms with van der Waals surface area (Å²) in [6.07, 6.45) is 0.815. The lowest BCUT2D eigenvalue weighted by Gasteiger charge is -2.16. The van der Waals surface area contributed by atoms with Crippen molar-refractivity contribution in [3.05, 3.63) is 106 Å². The van der Waals surface area contributed by atoms with E-state index >= 15 is 0 Å². The van der Waals surface area contributed by atoms with Gasteiger partial charge in [0.15, 0.2) is 0 Å². The molecule has 0 fully saturated rings. The minimum absolute atomic E-state index is 0.375. The molecule has 0 amide bonds. The molecule has 0 aliphatic heterocycles. The third-order valence-corrected chi connectivity index (χ3v) is 6.26. The lowest BCUT2D eigenvalue weighted by Crippen LogP contribution is -2.18. The molecular weight excluding hydrogens is 453 g/mol. The monoisotopic (exact) mass is 475 g/mol. The average Bonchev–Trinajstić information content (AvgIpc) is 3.24. The fourth-order valence-corrected chi connectivity index (χ4v) is 4.44. The Bertz CT molecular complexity index is 1380. The Labute approximate surface area is 202 Å². The molecule has 0 saturated carbocycles. The van der Waals surface area contributed by atoms with Gasteiger partial charge in [-0.05, 0) is 41.1 Å². The van der Waals surface area contributed by atoms with Crippen LogP contribution in [0, 0.1) is 0 Å². The van der Waals surface area contributed by atoms with Gasteiger partial charge < -0.3 is 15.0 Å². The number of aromatic amines is 1. The van der Waals surface area contributed by atoms with Crippen LogP contribution in [0.5, 0.6) is 5.75 Å². The van der Waals surface area contributed by atoms with Crippen LogP contribution in [0.15, 0.2) is 78.9 Å². The maximum absolute atomic E-state index is 6.33. The van der Waals surface area contributed by atoms with Gasteiger partial charge in [-0.2, -0.15) is 0 Å². The SMILES string of the molecule is Clc1ccc(COc2ccc3ccccc3c2CNCCc2nc3ccccc3[nH]2)c(Cl)c1. The van der Waals surface area contributed by atoms with Crippen molar-refractivity contribution in [2.24, 2.45) is 0 Å². The number of rotatable bonds is 8. The van der Waals surface area contributed by atoms with Gasteiger partial charge in [-0.1, -0.05) is 71.7 Å². The van der Waals surface area contributed by atoms with Crippen LogP contribution in [0.3, 0.4) is 0 Å². The van der Waals surface area contributed by atoms with Crippen molar-refractivity contribution in [1.82, 2.24) is 15.3 Å². The number of aromatic nitrogens is 2. The zero-order valence-electron chi connectivity index (χ0n) is 17.9. The Hall–Kier alpha value is -3.05. The zero-order chi connectivity index (χ0) is 22.6. The molecule has 4 aromatic carbocycles. The van der Waals surface area contributed by atoms with Gasteiger partial charge in [0.25, 0.3) is 0 Å². The van der Waals surface area contributed by atoms with E-state index in [1.807, 2.05) is 42.5 Å². The van der Waals surface area contributed by atoms with Crippen molar-refractivity contribution in [3.8, 4) is 5.75 Å². The van der Waals surface area contributed by atoms with E-state index in [-0.39, 0.29) is 0 Å². The minimum Gasteiger partial charge on any atom is -0.488 e. The number of nitrogens with one attached hydrogen (secondary N) is 2. The Kier molecular flexibility index (Phi) is 6.49. The van der Waals surface area contributed by atoms with E-state index in [4.69, 9.17) is 27.9 Å². The van der Waals surface area contributed by atoms with Crippen molar-refractivity contribution < 1.29 is 4.74 Å². The maximum atomic E-state index is 6.33. The Morgan fingerprint density at radius 3 is 2.64 bits per heavy atom. The summed E-state index contributed by atoms with van der Waals surface area (Å²) < 4.78 is 6.22. The number of hydrogen-bond acceptors (Lipinski definition) is 3. The lowest BCUT2D eigenvalue weighted by atomic mass is 10.0. The summed E-state index contributed by atoms with van der Waals surface area (Å²) in [5.74, 6) is 1.83. The highest BCUT2D eigenvalue weighted by atomic mass is 35.5. The van der Waals surface area contributed by atoms with Gasteiger partial charge in [0.05, 0.1) is 11.0 Å². The van der Waals surface area contributed by atoms with Gasteiger partial charge in [0, 0.05) is 40.7 Å². The predicted molar refractivity (Wildman–Crippen MR) is 136 cm³/mol. The lowest BCUT2D eigenvalue weighted by molar-refractivity contribution is 0.303. The molecule has 0 spiro atoms. The topological polar surface area (TPSA) is 49.9 Å². The molecule has 166 valence electrons. The summed E-state index contributed by atoms with van der Waals surface area (Å²) in [6, 6.07) is 26.0. The van der Waals surface area contributed by atoms with Crippen molar-refractivity contribution >= 4 is 45.0 Å². The number of para-hydroxylation sites is 2. The van der Waals surface area contributed by atoms with Crippen molar-refractivity contribution in [3.63, 3.8) is 0 Å². The molecular formula is C27H23Cl2N3O. The first kappa shape index (κ1) is 21.8. The average molecular weight is 476 g/mol. The van der Waals surface area contributed by atoms with E-state index in [1.54, 1.807) is 6.07 Å². The fourth-order valence-electron chi connectivity index (χ4n) is 3.97. The van der Waals surface area contributed by atoms with Crippen molar-refractivity contribution in [2.75, 3.05) is 6.54 Å². The number of H-pyrrole nitrogens is 1. The molecule has 0 radical (unpaired) electrons. The second-order valence-electron chi connectivity index (χ2n) is 7.92. The summed E-state index contributed by atoms with van der Waals surface area (Å²) in [7, 11) is 0. The van der Waals surface area contributed by atoms with Gasteiger partial charge >= 0.3 is 0 Å². The fraction of sp³-hybridized carbons (Fsp3) is 0.148. The summed E-state index contributed by atoms with van der Waals surface area (Å²) in [4.78, 5) is 8.05. The summed E-state index contributed by atoms with van der Waals surface area (Å²) >= 11 is 12.4. The van der Waals surface area contributed by atoms with Crippen LogP contribution in [0.2, 0.25) is 10.0 Å². The van der Waals surface area contributed by atoms with Gasteiger partial charge in [0.2, 0.25) is 0 Å². The number of nitrogens with zero attached hydrogens (tertiary/aromatic N) is 1. The molecule has 33 heavy (non-hydrogen) atoms. The Morgan fingerprint density at radius 2 is 1.76 bits per heavy atom. The largest absolute Gasteiger partial charge is 0.488 e. The molecule has 6 heteroatoms. The van der Waals surface area contributed by atoms with Gasteiger partial charge in [-0.15, -0.1) is 0 Å². The Morgan fingerprint density at radius 1 is 0.909 bits per heavy atom. The summed E-state index contributed by atoms with van der Waals surface area (Å²) in [5.41, 5.74) is 4.09. The summed E-state index contributed by atoms with van der Waals surface area (Å²) in [5, 5.41) is 7.14. The standard InChI is InChI=1S/C27H23Cl2N3O/c28-20-11-9-19(23(29)15-20)17-33-26-12-10-18-5-1-2-6-21(18)22(26)16-30-14-13-27-31-24-7-3-4-8-25(24)32-27/h1-12,15,30H,13-14,16-17H2,(H,31,32). The van der Waals surface area contributed by atoms with E-state index in [0.29, 0.717) is 23.2 Å². The number of hydrogen-bond donors (Lipinski definition) is 2. The molecule has 0 atom stereocenters. The second kappa shape index (κ2) is 9.84. The van der Waals surface area contributed by atoms with Crippen molar-refractivity contribution in [2.45, 2.75) is 19.6 Å². The first-order chi connectivity index (χ1) is 16.2. The number of imidazole rings is 1. The highest BCUT2D eigenvalue weighted by molar-refractivity contribution is 6.35. The Balaban J connectivity index is 1.30. The van der Waals surface area contributed by atoms with Gasteiger partial charge in [-0.25, -0.2) is 4.98 Å². The van der Waals surface area contributed by atoms with Crippen LogP contribution in [0.25, 0.3) is 21.8 Å². The van der Waals surface area contributed by atoms with E-state index in [2.05, 4.69) is 45.6 Å². The third kappa shape index (κ3) is 4.98. The molecule has 0 aliphatic carbocycles. The highest BCUT2D eigenvalue weighted by Gasteiger charge is 2.11. The molecule has 0 bridgehead atoms. The van der Waals surface area contributed by atoms with Crippen LogP contribution in [0.4, 0.5) is 0 Å². The minimum atomic E-state index is 0.375. The van der Waals surface area contributed by atoms with E-state index in [9.17, 15) is 0 Å². The highest BCUT2D eigenvalue weighted by Crippen LogP contribution is 2.30. The molecule has 1 aromatic heterocycles. The van der Waals surface area contributed by atoms with Gasteiger partial charge in [-0.3, -0.25) is 0 Å². The smallest absolute Gasteiger partial charge is 0.124 e. The molecule has 0 unspecified atom stereocenters. The van der Waals surface area contributed by atoms with Crippen LogP contribution in [0.1, 0.15) is 17.0 Å². The first-order valence-electron chi connectivity index (χ1n) is 10.9. The third-order valence-electron chi connectivity index (χ3n) is 5.67. The normalized spacial score (nSPS) is 11.3. The molecule has 5 aromatic rings. The van der Waals surface area contributed by atoms with Crippen molar-refractivity contribution in [1.29, 1.82) is 0 Å². The molecule has 0 aliphatic rings. The predicted octanol–water partition coefficient (Wildman–Crippen LogP) is 6.93. The zero-order valence-corrected chi connectivity index (χ0v) is 19.5. The molecule has 1 heterocycles. The van der Waals surface area contributed by atoms with Crippen LogP contribution in [-0.2, 0) is 19.6 Å². The number of halogens is 2. The first-order valence-corrected chi connectivity index (χ1v) is 11.6. The molecule has 2 N–H and O–H groups in total. The summed E-state index contributed by atoms with van der Waals surface area (Å²) in [6.45, 7) is 1.86. The number of fused-ring (bicyclic) bond motifs is 2. The molecule has 5 rings (SSSR count). The van der Waals surface area contributed by atoms with Crippen LogP contribution in [-0.4, -0.2) is 16.5 Å². The van der Waals surface area contributed by atoms with Gasteiger partial charge in [0.1, 0.15) is 18.2 Å². The second-order valence-corrected chi connectivity index (χ2v) is 8.76. The van der Waals surface area contributed by atoms with E-state index in [0.717, 1.165) is 46.7 Å². The quantitative estimate of drug-likeness (QED) is 0.239. The number of ether oxygens (including phenoxy) is 1. The van der Waals surface area contributed by atoms with E-state index in [1.165, 1.54) is 10.8 Å².